The van der Waals surface area contributed by atoms with Gasteiger partial charge < -0.3 is 10.1 Å². The van der Waals surface area contributed by atoms with Crippen molar-refractivity contribution in [2.45, 2.75) is 13.8 Å². The third-order valence-corrected chi connectivity index (χ3v) is 3.79. The van der Waals surface area contributed by atoms with E-state index < -0.39 is 4.92 Å². The molecule has 6 nitrogen and oxygen atoms in total. The molecule has 2 aromatic carbocycles. The Hall–Kier alpha value is -2.41. The van der Waals surface area contributed by atoms with Gasteiger partial charge in [-0.15, -0.1) is 0 Å². The zero-order chi connectivity index (χ0) is 17.0. The van der Waals surface area contributed by atoms with Gasteiger partial charge in [-0.05, 0) is 53.5 Å². The van der Waals surface area contributed by atoms with Crippen LogP contribution in [0.1, 0.15) is 22.8 Å². The van der Waals surface area contributed by atoms with E-state index in [4.69, 9.17) is 4.74 Å². The van der Waals surface area contributed by atoms with Gasteiger partial charge in [0.1, 0.15) is 5.75 Å². The molecular formula is C16H15BrN2O4. The molecule has 0 bridgehead atoms. The second-order valence-electron chi connectivity index (χ2n) is 4.79. The standard InChI is InChI=1S/C16H15BrN2O4/c1-3-23-15-7-5-11(8-13(15)17)16(20)18-14-9-12(19(21)22)6-4-10(14)2/h4-9H,3H2,1-2H3,(H,18,20). The Morgan fingerprint density at radius 3 is 2.65 bits per heavy atom. The van der Waals surface area contributed by atoms with Gasteiger partial charge in [0.15, 0.2) is 0 Å². The molecule has 0 unspecified atom stereocenters. The number of hydrogen-bond acceptors (Lipinski definition) is 4. The maximum atomic E-state index is 12.3. The molecule has 2 rings (SSSR count). The quantitative estimate of drug-likeness (QED) is 0.620. The summed E-state index contributed by atoms with van der Waals surface area (Å²) in [7, 11) is 0. The van der Waals surface area contributed by atoms with Crippen LogP contribution < -0.4 is 10.1 Å². The summed E-state index contributed by atoms with van der Waals surface area (Å²) < 4.78 is 6.07. The highest BCUT2D eigenvalue weighted by molar-refractivity contribution is 9.10. The van der Waals surface area contributed by atoms with Crippen molar-refractivity contribution >= 4 is 33.2 Å². The van der Waals surface area contributed by atoms with E-state index in [0.29, 0.717) is 28.1 Å². The van der Waals surface area contributed by atoms with Crippen molar-refractivity contribution in [3.05, 3.63) is 62.1 Å². The molecule has 0 saturated heterocycles. The smallest absolute Gasteiger partial charge is 0.271 e. The van der Waals surface area contributed by atoms with Crippen molar-refractivity contribution in [2.24, 2.45) is 0 Å². The van der Waals surface area contributed by atoms with Gasteiger partial charge in [-0.2, -0.15) is 0 Å². The van der Waals surface area contributed by atoms with E-state index in [0.717, 1.165) is 5.56 Å². The van der Waals surface area contributed by atoms with Gasteiger partial charge in [0, 0.05) is 17.7 Å². The molecular weight excluding hydrogens is 364 g/mol. The lowest BCUT2D eigenvalue weighted by atomic mass is 10.1. The number of anilines is 1. The first-order valence-corrected chi connectivity index (χ1v) is 7.70. The Morgan fingerprint density at radius 2 is 2.04 bits per heavy atom. The third-order valence-electron chi connectivity index (χ3n) is 3.17. The molecule has 1 amide bonds. The molecule has 23 heavy (non-hydrogen) atoms. The van der Waals surface area contributed by atoms with Crippen LogP contribution in [0.15, 0.2) is 40.9 Å². The number of amides is 1. The zero-order valence-electron chi connectivity index (χ0n) is 12.6. The highest BCUT2D eigenvalue weighted by Gasteiger charge is 2.13. The number of nitrogens with one attached hydrogen (secondary N) is 1. The number of aryl methyl sites for hydroxylation is 1. The molecule has 0 atom stereocenters. The van der Waals surface area contributed by atoms with Gasteiger partial charge in [-0.1, -0.05) is 6.07 Å². The van der Waals surface area contributed by atoms with E-state index in [-0.39, 0.29) is 11.6 Å². The summed E-state index contributed by atoms with van der Waals surface area (Å²) in [5.74, 6) is 0.299. The van der Waals surface area contributed by atoms with Crippen LogP contribution in [0.2, 0.25) is 0 Å². The predicted molar refractivity (Wildman–Crippen MR) is 91.1 cm³/mol. The monoisotopic (exact) mass is 378 g/mol. The Kier molecular flexibility index (Phi) is 5.33. The summed E-state index contributed by atoms with van der Waals surface area (Å²) in [6.07, 6.45) is 0. The van der Waals surface area contributed by atoms with E-state index >= 15 is 0 Å². The molecule has 1 N–H and O–H groups in total. The molecule has 0 aromatic heterocycles. The van der Waals surface area contributed by atoms with Gasteiger partial charge >= 0.3 is 0 Å². The molecule has 0 spiro atoms. The minimum atomic E-state index is -0.497. The second-order valence-corrected chi connectivity index (χ2v) is 5.64. The fourth-order valence-corrected chi connectivity index (χ4v) is 2.46. The Morgan fingerprint density at radius 1 is 1.30 bits per heavy atom. The number of nitro benzene ring substituents is 1. The maximum absolute atomic E-state index is 12.3. The Bertz CT molecular complexity index is 762. The molecule has 0 radical (unpaired) electrons. The van der Waals surface area contributed by atoms with E-state index in [1.807, 2.05) is 6.92 Å². The molecule has 2 aromatic rings. The van der Waals surface area contributed by atoms with Crippen LogP contribution in [-0.2, 0) is 0 Å². The topological polar surface area (TPSA) is 81.5 Å². The number of carbonyl (C=O) groups is 1. The van der Waals surface area contributed by atoms with Crippen LogP contribution in [0.4, 0.5) is 11.4 Å². The summed E-state index contributed by atoms with van der Waals surface area (Å²) in [6, 6.07) is 9.32. The molecule has 0 saturated carbocycles. The minimum absolute atomic E-state index is 0.0706. The first-order valence-electron chi connectivity index (χ1n) is 6.91. The fraction of sp³-hybridized carbons (Fsp3) is 0.188. The average molecular weight is 379 g/mol. The largest absolute Gasteiger partial charge is 0.493 e. The van der Waals surface area contributed by atoms with Gasteiger partial charge in [-0.25, -0.2) is 0 Å². The number of benzene rings is 2. The summed E-state index contributed by atoms with van der Waals surface area (Å²) in [6.45, 7) is 4.17. The van der Waals surface area contributed by atoms with Gasteiger partial charge in [-0.3, -0.25) is 14.9 Å². The van der Waals surface area contributed by atoms with Crippen molar-refractivity contribution in [1.29, 1.82) is 0 Å². The van der Waals surface area contributed by atoms with E-state index in [1.165, 1.54) is 12.1 Å². The van der Waals surface area contributed by atoms with Crippen LogP contribution >= 0.6 is 15.9 Å². The van der Waals surface area contributed by atoms with Crippen LogP contribution in [0.25, 0.3) is 0 Å². The predicted octanol–water partition coefficient (Wildman–Crippen LogP) is 4.32. The number of halogens is 1. The van der Waals surface area contributed by atoms with Crippen molar-refractivity contribution in [2.75, 3.05) is 11.9 Å². The summed E-state index contributed by atoms with van der Waals surface area (Å²) in [4.78, 5) is 22.7. The van der Waals surface area contributed by atoms with Gasteiger partial charge in [0.05, 0.1) is 21.7 Å². The van der Waals surface area contributed by atoms with E-state index in [1.54, 1.807) is 31.2 Å². The lowest BCUT2D eigenvalue weighted by molar-refractivity contribution is -0.384. The number of carbonyl (C=O) groups excluding carboxylic acids is 1. The minimum Gasteiger partial charge on any atom is -0.493 e. The Balaban J connectivity index is 2.24. The maximum Gasteiger partial charge on any atom is 0.271 e. The molecule has 0 fully saturated rings. The fourth-order valence-electron chi connectivity index (χ4n) is 1.97. The van der Waals surface area contributed by atoms with Gasteiger partial charge in [0.25, 0.3) is 11.6 Å². The number of nitrogens with zero attached hydrogens (tertiary/aromatic N) is 1. The molecule has 0 aliphatic heterocycles. The molecule has 120 valence electrons. The zero-order valence-corrected chi connectivity index (χ0v) is 14.2. The number of ether oxygens (including phenoxy) is 1. The van der Waals surface area contributed by atoms with Crippen molar-refractivity contribution in [3.63, 3.8) is 0 Å². The van der Waals surface area contributed by atoms with Crippen LogP contribution in [0.3, 0.4) is 0 Å². The van der Waals surface area contributed by atoms with Crippen LogP contribution in [0.5, 0.6) is 5.75 Å². The Labute approximate surface area is 141 Å². The molecule has 0 heterocycles. The highest BCUT2D eigenvalue weighted by Crippen LogP contribution is 2.27. The third kappa shape index (κ3) is 4.07. The normalized spacial score (nSPS) is 10.2. The van der Waals surface area contributed by atoms with Crippen LogP contribution in [-0.4, -0.2) is 17.4 Å². The summed E-state index contributed by atoms with van der Waals surface area (Å²) in [5.41, 5.74) is 1.51. The number of non-ortho nitro benzene ring substituents is 1. The van der Waals surface area contributed by atoms with E-state index in [2.05, 4.69) is 21.2 Å². The van der Waals surface area contributed by atoms with E-state index in [9.17, 15) is 14.9 Å². The first kappa shape index (κ1) is 17.0. The SMILES string of the molecule is CCOc1ccc(C(=O)Nc2cc([N+](=O)[O-])ccc2C)cc1Br. The molecule has 0 aliphatic rings. The first-order chi connectivity index (χ1) is 10.9. The van der Waals surface area contributed by atoms with Gasteiger partial charge in [0.2, 0.25) is 0 Å². The second kappa shape index (κ2) is 7.23. The average Bonchev–Trinajstić information content (AvgIpc) is 2.51. The molecule has 0 aliphatic carbocycles. The molecule has 7 heteroatoms. The van der Waals surface area contributed by atoms with Crippen molar-refractivity contribution < 1.29 is 14.5 Å². The lowest BCUT2D eigenvalue weighted by Gasteiger charge is -2.10. The van der Waals surface area contributed by atoms with Crippen molar-refractivity contribution in [1.82, 2.24) is 0 Å². The van der Waals surface area contributed by atoms with Crippen LogP contribution in [0, 0.1) is 17.0 Å². The number of hydrogen-bond donors (Lipinski definition) is 1. The van der Waals surface area contributed by atoms with Crippen molar-refractivity contribution in [3.8, 4) is 5.75 Å². The highest BCUT2D eigenvalue weighted by atomic mass is 79.9. The number of rotatable bonds is 5. The number of nitro groups is 1. The lowest BCUT2D eigenvalue weighted by Crippen LogP contribution is -2.13. The summed E-state index contributed by atoms with van der Waals surface area (Å²) in [5, 5.41) is 13.5. The summed E-state index contributed by atoms with van der Waals surface area (Å²) >= 11 is 3.35.